The number of nitrogens with zero attached hydrogens (tertiary/aromatic N) is 2. The van der Waals surface area contributed by atoms with Crippen LogP contribution in [-0.2, 0) is 20.7 Å². The SMILES string of the molecule is Cc1ccc(-c2nc(CC(=O)OCC(=O)N(C)C)cs2)cc1. The van der Waals surface area contributed by atoms with Crippen molar-refractivity contribution in [2.75, 3.05) is 20.7 Å². The maximum absolute atomic E-state index is 11.7. The summed E-state index contributed by atoms with van der Waals surface area (Å²) >= 11 is 1.49. The van der Waals surface area contributed by atoms with Gasteiger partial charge in [-0.05, 0) is 6.92 Å². The summed E-state index contributed by atoms with van der Waals surface area (Å²) in [6, 6.07) is 8.06. The lowest BCUT2D eigenvalue weighted by molar-refractivity contribution is -0.150. The highest BCUT2D eigenvalue weighted by Crippen LogP contribution is 2.24. The molecule has 1 amide bonds. The molecule has 0 radical (unpaired) electrons. The lowest BCUT2D eigenvalue weighted by atomic mass is 10.2. The van der Waals surface area contributed by atoms with Crippen LogP contribution < -0.4 is 0 Å². The van der Waals surface area contributed by atoms with E-state index >= 15 is 0 Å². The van der Waals surface area contributed by atoms with Crippen molar-refractivity contribution in [3.63, 3.8) is 0 Å². The summed E-state index contributed by atoms with van der Waals surface area (Å²) in [5.41, 5.74) is 2.87. The highest BCUT2D eigenvalue weighted by Gasteiger charge is 2.12. The Balaban J connectivity index is 1.93. The van der Waals surface area contributed by atoms with E-state index in [9.17, 15) is 9.59 Å². The van der Waals surface area contributed by atoms with Gasteiger partial charge < -0.3 is 9.64 Å². The predicted octanol–water partition coefficient (Wildman–Crippen LogP) is 2.29. The second-order valence-electron chi connectivity index (χ2n) is 5.14. The summed E-state index contributed by atoms with van der Waals surface area (Å²) in [5.74, 6) is -0.692. The average molecular weight is 318 g/mol. The molecule has 0 atom stereocenters. The molecule has 1 aromatic heterocycles. The minimum Gasteiger partial charge on any atom is -0.455 e. The van der Waals surface area contributed by atoms with Gasteiger partial charge in [-0.2, -0.15) is 0 Å². The molecule has 0 spiro atoms. The zero-order valence-corrected chi connectivity index (χ0v) is 13.6. The van der Waals surface area contributed by atoms with Crippen LogP contribution in [0.2, 0.25) is 0 Å². The van der Waals surface area contributed by atoms with Gasteiger partial charge in [0.2, 0.25) is 0 Å². The van der Waals surface area contributed by atoms with Crippen LogP contribution in [0.5, 0.6) is 0 Å². The molecule has 0 fully saturated rings. The van der Waals surface area contributed by atoms with E-state index in [4.69, 9.17) is 4.74 Å². The molecular formula is C16H18N2O3S. The Bertz CT molecular complexity index is 662. The van der Waals surface area contributed by atoms with E-state index in [0.29, 0.717) is 5.69 Å². The van der Waals surface area contributed by atoms with Crippen molar-refractivity contribution >= 4 is 23.2 Å². The molecule has 22 heavy (non-hydrogen) atoms. The summed E-state index contributed by atoms with van der Waals surface area (Å²) in [7, 11) is 3.23. The number of aryl methyl sites for hydroxylation is 1. The molecular weight excluding hydrogens is 300 g/mol. The minimum atomic E-state index is -0.448. The van der Waals surface area contributed by atoms with Crippen LogP contribution in [0, 0.1) is 6.92 Å². The lowest BCUT2D eigenvalue weighted by Gasteiger charge is -2.09. The Morgan fingerprint density at radius 3 is 2.55 bits per heavy atom. The van der Waals surface area contributed by atoms with Gasteiger partial charge in [0.05, 0.1) is 12.1 Å². The Kier molecular flexibility index (Phi) is 5.27. The van der Waals surface area contributed by atoms with E-state index in [1.165, 1.54) is 21.8 Å². The summed E-state index contributed by atoms with van der Waals surface area (Å²) in [6.45, 7) is 1.79. The molecule has 0 unspecified atom stereocenters. The summed E-state index contributed by atoms with van der Waals surface area (Å²) in [5, 5.41) is 2.71. The van der Waals surface area contributed by atoms with Gasteiger partial charge in [-0.25, -0.2) is 4.98 Å². The van der Waals surface area contributed by atoms with Crippen molar-refractivity contribution in [2.24, 2.45) is 0 Å². The molecule has 116 valence electrons. The smallest absolute Gasteiger partial charge is 0.312 e. The highest BCUT2D eigenvalue weighted by atomic mass is 32.1. The number of ether oxygens (including phenoxy) is 1. The summed E-state index contributed by atoms with van der Waals surface area (Å²) in [4.78, 5) is 28.9. The van der Waals surface area contributed by atoms with Gasteiger partial charge in [0.15, 0.2) is 6.61 Å². The number of thiazole rings is 1. The number of hydrogen-bond acceptors (Lipinski definition) is 5. The highest BCUT2D eigenvalue weighted by molar-refractivity contribution is 7.13. The van der Waals surface area contributed by atoms with Gasteiger partial charge >= 0.3 is 5.97 Å². The van der Waals surface area contributed by atoms with Gasteiger partial charge in [0.25, 0.3) is 5.91 Å². The number of hydrogen-bond donors (Lipinski definition) is 0. The first-order valence-electron chi connectivity index (χ1n) is 6.83. The van der Waals surface area contributed by atoms with E-state index in [-0.39, 0.29) is 18.9 Å². The lowest BCUT2D eigenvalue weighted by Crippen LogP contribution is -2.27. The fourth-order valence-electron chi connectivity index (χ4n) is 1.69. The standard InChI is InChI=1S/C16H18N2O3S/c1-11-4-6-12(7-5-11)16-17-13(10-22-16)8-15(20)21-9-14(19)18(2)3/h4-7,10H,8-9H2,1-3H3. The maximum atomic E-state index is 11.7. The number of amides is 1. The molecule has 1 aromatic carbocycles. The monoisotopic (exact) mass is 318 g/mol. The van der Waals surface area contributed by atoms with Gasteiger partial charge in [0, 0.05) is 25.0 Å². The number of aromatic nitrogens is 1. The van der Waals surface area contributed by atoms with Crippen LogP contribution in [-0.4, -0.2) is 42.5 Å². The van der Waals surface area contributed by atoms with E-state index in [2.05, 4.69) is 4.98 Å². The topological polar surface area (TPSA) is 59.5 Å². The fourth-order valence-corrected chi connectivity index (χ4v) is 2.51. The Labute approximate surface area is 133 Å². The molecule has 1 heterocycles. The number of carbonyl (C=O) groups is 2. The molecule has 2 aromatic rings. The fraction of sp³-hybridized carbons (Fsp3) is 0.312. The van der Waals surface area contributed by atoms with Crippen LogP contribution in [0.25, 0.3) is 10.6 Å². The first-order valence-corrected chi connectivity index (χ1v) is 7.71. The zero-order chi connectivity index (χ0) is 16.1. The normalized spacial score (nSPS) is 10.3. The molecule has 6 heteroatoms. The Morgan fingerprint density at radius 2 is 1.91 bits per heavy atom. The number of likely N-dealkylation sites (N-methyl/N-ethyl adjacent to an activating group) is 1. The van der Waals surface area contributed by atoms with Crippen LogP contribution in [0.4, 0.5) is 0 Å². The molecule has 0 aliphatic rings. The van der Waals surface area contributed by atoms with Crippen molar-refractivity contribution in [3.8, 4) is 10.6 Å². The molecule has 0 bridgehead atoms. The largest absolute Gasteiger partial charge is 0.455 e. The maximum Gasteiger partial charge on any atom is 0.312 e. The first kappa shape index (κ1) is 16.2. The molecule has 0 saturated carbocycles. The third-order valence-corrected chi connectivity index (χ3v) is 3.97. The number of carbonyl (C=O) groups excluding carboxylic acids is 2. The van der Waals surface area contributed by atoms with E-state index in [1.807, 2.05) is 36.6 Å². The minimum absolute atomic E-state index is 0.0725. The van der Waals surface area contributed by atoms with Crippen molar-refractivity contribution in [1.82, 2.24) is 9.88 Å². The van der Waals surface area contributed by atoms with Crippen molar-refractivity contribution < 1.29 is 14.3 Å². The number of benzene rings is 1. The molecule has 5 nitrogen and oxygen atoms in total. The second kappa shape index (κ2) is 7.17. The van der Waals surface area contributed by atoms with Crippen LogP contribution in [0.3, 0.4) is 0 Å². The van der Waals surface area contributed by atoms with E-state index in [0.717, 1.165) is 10.6 Å². The molecule has 0 aliphatic heterocycles. The van der Waals surface area contributed by atoms with Crippen molar-refractivity contribution in [2.45, 2.75) is 13.3 Å². The molecule has 0 saturated heterocycles. The molecule has 2 rings (SSSR count). The number of rotatable bonds is 5. The second-order valence-corrected chi connectivity index (χ2v) is 5.99. The van der Waals surface area contributed by atoms with Gasteiger partial charge in [-0.3, -0.25) is 9.59 Å². The number of esters is 1. The van der Waals surface area contributed by atoms with Gasteiger partial charge in [-0.15, -0.1) is 11.3 Å². The first-order chi connectivity index (χ1) is 10.5. The Morgan fingerprint density at radius 1 is 1.23 bits per heavy atom. The van der Waals surface area contributed by atoms with Gasteiger partial charge in [0.1, 0.15) is 5.01 Å². The van der Waals surface area contributed by atoms with Gasteiger partial charge in [-0.1, -0.05) is 29.8 Å². The van der Waals surface area contributed by atoms with Crippen molar-refractivity contribution in [3.05, 3.63) is 40.9 Å². The summed E-state index contributed by atoms with van der Waals surface area (Å²) < 4.78 is 4.93. The van der Waals surface area contributed by atoms with Crippen LogP contribution in [0.15, 0.2) is 29.6 Å². The van der Waals surface area contributed by atoms with Crippen LogP contribution >= 0.6 is 11.3 Å². The van der Waals surface area contributed by atoms with E-state index < -0.39 is 5.97 Å². The summed E-state index contributed by atoms with van der Waals surface area (Å²) in [6.07, 6.45) is 0.0725. The average Bonchev–Trinajstić information content (AvgIpc) is 2.93. The third-order valence-electron chi connectivity index (χ3n) is 3.03. The molecule has 0 aliphatic carbocycles. The quantitative estimate of drug-likeness (QED) is 0.794. The predicted molar refractivity (Wildman–Crippen MR) is 85.6 cm³/mol. The Hall–Kier alpha value is -2.21. The van der Waals surface area contributed by atoms with Crippen molar-refractivity contribution in [1.29, 1.82) is 0 Å². The van der Waals surface area contributed by atoms with E-state index in [1.54, 1.807) is 14.1 Å². The zero-order valence-electron chi connectivity index (χ0n) is 12.8. The third kappa shape index (κ3) is 4.39. The molecule has 0 N–H and O–H groups in total. The van der Waals surface area contributed by atoms with Crippen LogP contribution in [0.1, 0.15) is 11.3 Å².